The Morgan fingerprint density at radius 3 is 2.32 bits per heavy atom. The third-order valence-electron chi connectivity index (χ3n) is 4.15. The smallest absolute Gasteiger partial charge is 0.251 e. The normalized spacial score (nSPS) is 15.4. The van der Waals surface area contributed by atoms with Gasteiger partial charge in [-0.3, -0.25) is 19.3 Å². The summed E-state index contributed by atoms with van der Waals surface area (Å²) < 4.78 is 0. The van der Waals surface area contributed by atoms with Gasteiger partial charge in [0.2, 0.25) is 11.8 Å². The molecule has 1 aliphatic heterocycles. The number of nitrogens with zero attached hydrogens (tertiary/aromatic N) is 1. The molecule has 136 valence electrons. The summed E-state index contributed by atoms with van der Waals surface area (Å²) in [7, 11) is 0. The number of hydrogen-bond donors (Lipinski definition) is 3. The summed E-state index contributed by atoms with van der Waals surface area (Å²) in [5.41, 5.74) is 0.670. The Morgan fingerprint density at radius 2 is 1.68 bits per heavy atom. The Bertz CT molecular complexity index is 583. The molecule has 7 heteroatoms. The zero-order chi connectivity index (χ0) is 18.1. The molecular formula is C18H26N4O3. The van der Waals surface area contributed by atoms with Gasteiger partial charge >= 0.3 is 0 Å². The molecule has 1 aromatic carbocycles. The molecule has 1 aromatic rings. The molecule has 0 unspecified atom stereocenters. The third-order valence-corrected chi connectivity index (χ3v) is 4.15. The molecular weight excluding hydrogens is 320 g/mol. The molecule has 0 bridgehead atoms. The summed E-state index contributed by atoms with van der Waals surface area (Å²) in [6.07, 6.45) is 1.66. The van der Waals surface area contributed by atoms with Gasteiger partial charge in [0.25, 0.3) is 5.91 Å². The highest BCUT2D eigenvalue weighted by Crippen LogP contribution is 2.11. The number of piperidine rings is 1. The Kier molecular flexibility index (Phi) is 7.40. The maximum absolute atomic E-state index is 12.1. The van der Waals surface area contributed by atoms with Crippen molar-refractivity contribution < 1.29 is 14.4 Å². The first-order valence-electron chi connectivity index (χ1n) is 8.64. The number of nitrogens with one attached hydrogen (secondary N) is 3. The van der Waals surface area contributed by atoms with E-state index in [1.54, 1.807) is 12.1 Å². The predicted molar refractivity (Wildman–Crippen MR) is 95.1 cm³/mol. The van der Waals surface area contributed by atoms with E-state index in [2.05, 4.69) is 20.9 Å². The van der Waals surface area contributed by atoms with Gasteiger partial charge < -0.3 is 16.0 Å². The van der Waals surface area contributed by atoms with Crippen molar-refractivity contribution in [2.45, 2.75) is 25.8 Å². The maximum Gasteiger partial charge on any atom is 0.251 e. The largest absolute Gasteiger partial charge is 0.355 e. The van der Waals surface area contributed by atoms with Crippen molar-refractivity contribution in [1.82, 2.24) is 20.9 Å². The number of rotatable bonds is 7. The first-order chi connectivity index (χ1) is 12.0. The summed E-state index contributed by atoms with van der Waals surface area (Å²) in [4.78, 5) is 36.8. The molecule has 1 heterocycles. The van der Waals surface area contributed by atoms with Crippen molar-refractivity contribution in [2.75, 3.05) is 32.7 Å². The van der Waals surface area contributed by atoms with Gasteiger partial charge in [0, 0.05) is 44.7 Å². The standard InChI is InChI=1S/C18H26N4O3/c1-14(23)19-9-10-20-17(24)13-22-11-7-16(8-12-22)21-18(25)15-5-3-2-4-6-15/h2-6,16H,7-13H2,1H3,(H,19,23)(H,20,24)(H,21,25). The van der Waals surface area contributed by atoms with Crippen LogP contribution in [0, 0.1) is 0 Å². The summed E-state index contributed by atoms with van der Waals surface area (Å²) in [5.74, 6) is -0.194. The molecule has 25 heavy (non-hydrogen) atoms. The van der Waals surface area contributed by atoms with E-state index in [1.165, 1.54) is 6.92 Å². The van der Waals surface area contributed by atoms with Gasteiger partial charge in [-0.2, -0.15) is 0 Å². The number of carbonyl (C=O) groups is 3. The van der Waals surface area contributed by atoms with Crippen LogP contribution in [0.5, 0.6) is 0 Å². The lowest BCUT2D eigenvalue weighted by molar-refractivity contribution is -0.123. The second kappa shape index (κ2) is 9.78. The fraction of sp³-hybridized carbons (Fsp3) is 0.500. The number of likely N-dealkylation sites (tertiary alicyclic amines) is 1. The quantitative estimate of drug-likeness (QED) is 0.612. The molecule has 1 fully saturated rings. The van der Waals surface area contributed by atoms with Gasteiger partial charge in [0.05, 0.1) is 6.54 Å². The Morgan fingerprint density at radius 1 is 1.04 bits per heavy atom. The lowest BCUT2D eigenvalue weighted by Crippen LogP contribution is -2.47. The van der Waals surface area contributed by atoms with Gasteiger partial charge in [-0.25, -0.2) is 0 Å². The molecule has 0 aliphatic carbocycles. The number of carbonyl (C=O) groups excluding carboxylic acids is 3. The van der Waals surface area contributed by atoms with E-state index in [0.29, 0.717) is 25.2 Å². The van der Waals surface area contributed by atoms with E-state index in [-0.39, 0.29) is 23.8 Å². The second-order valence-electron chi connectivity index (χ2n) is 6.22. The van der Waals surface area contributed by atoms with Crippen molar-refractivity contribution >= 4 is 17.7 Å². The summed E-state index contributed by atoms with van der Waals surface area (Å²) in [6, 6.07) is 9.33. The van der Waals surface area contributed by atoms with Gasteiger partial charge in [-0.1, -0.05) is 18.2 Å². The van der Waals surface area contributed by atoms with Crippen molar-refractivity contribution in [3.05, 3.63) is 35.9 Å². The van der Waals surface area contributed by atoms with Crippen LogP contribution in [0.3, 0.4) is 0 Å². The van der Waals surface area contributed by atoms with Crippen LogP contribution in [0.25, 0.3) is 0 Å². The molecule has 7 nitrogen and oxygen atoms in total. The minimum atomic E-state index is -0.103. The second-order valence-corrected chi connectivity index (χ2v) is 6.22. The van der Waals surface area contributed by atoms with Crippen LogP contribution >= 0.6 is 0 Å². The van der Waals surface area contributed by atoms with E-state index in [4.69, 9.17) is 0 Å². The van der Waals surface area contributed by atoms with Crippen LogP contribution in [0.4, 0.5) is 0 Å². The highest BCUT2D eigenvalue weighted by molar-refractivity contribution is 5.94. The van der Waals surface area contributed by atoms with Gasteiger partial charge in [0.15, 0.2) is 0 Å². The maximum atomic E-state index is 12.1. The van der Waals surface area contributed by atoms with E-state index >= 15 is 0 Å². The van der Waals surface area contributed by atoms with E-state index in [1.807, 2.05) is 18.2 Å². The van der Waals surface area contributed by atoms with Crippen molar-refractivity contribution in [3.63, 3.8) is 0 Å². The summed E-state index contributed by atoms with van der Waals surface area (Å²) in [5, 5.41) is 8.47. The zero-order valence-corrected chi connectivity index (χ0v) is 14.6. The van der Waals surface area contributed by atoms with Crippen LogP contribution < -0.4 is 16.0 Å². The topological polar surface area (TPSA) is 90.5 Å². The highest BCUT2D eigenvalue weighted by Gasteiger charge is 2.22. The van der Waals surface area contributed by atoms with Gasteiger partial charge in [-0.05, 0) is 25.0 Å². The SMILES string of the molecule is CC(=O)NCCNC(=O)CN1CCC(NC(=O)c2ccccc2)CC1. The molecule has 3 N–H and O–H groups in total. The van der Waals surface area contributed by atoms with Crippen LogP contribution in [0.2, 0.25) is 0 Å². The fourth-order valence-electron chi connectivity index (χ4n) is 2.79. The first kappa shape index (κ1) is 18.9. The molecule has 2 rings (SSSR count). The zero-order valence-electron chi connectivity index (χ0n) is 14.6. The van der Waals surface area contributed by atoms with Crippen molar-refractivity contribution in [1.29, 1.82) is 0 Å². The summed E-state index contributed by atoms with van der Waals surface area (Å²) >= 11 is 0. The van der Waals surface area contributed by atoms with Gasteiger partial charge in [-0.15, -0.1) is 0 Å². The van der Waals surface area contributed by atoms with Crippen LogP contribution in [-0.4, -0.2) is 61.4 Å². The first-order valence-corrected chi connectivity index (χ1v) is 8.64. The van der Waals surface area contributed by atoms with Crippen LogP contribution in [-0.2, 0) is 9.59 Å². The fourth-order valence-corrected chi connectivity index (χ4v) is 2.79. The Balaban J connectivity index is 1.63. The molecule has 3 amide bonds. The summed E-state index contributed by atoms with van der Waals surface area (Å²) in [6.45, 7) is 4.22. The van der Waals surface area contributed by atoms with E-state index in [9.17, 15) is 14.4 Å². The lowest BCUT2D eigenvalue weighted by Gasteiger charge is -2.31. The molecule has 0 atom stereocenters. The molecule has 0 saturated carbocycles. The van der Waals surface area contributed by atoms with E-state index < -0.39 is 0 Å². The molecule has 0 spiro atoms. The average Bonchev–Trinajstić information content (AvgIpc) is 2.61. The number of hydrogen-bond acceptors (Lipinski definition) is 4. The Labute approximate surface area is 148 Å². The molecule has 1 aliphatic rings. The minimum Gasteiger partial charge on any atom is -0.355 e. The number of benzene rings is 1. The van der Waals surface area contributed by atoms with Crippen LogP contribution in [0.15, 0.2) is 30.3 Å². The van der Waals surface area contributed by atoms with Crippen LogP contribution in [0.1, 0.15) is 30.1 Å². The van der Waals surface area contributed by atoms with Crippen molar-refractivity contribution in [3.8, 4) is 0 Å². The minimum absolute atomic E-state index is 0.0443. The molecule has 0 aromatic heterocycles. The monoisotopic (exact) mass is 346 g/mol. The van der Waals surface area contributed by atoms with Crippen molar-refractivity contribution in [2.24, 2.45) is 0 Å². The average molecular weight is 346 g/mol. The molecule has 1 saturated heterocycles. The third kappa shape index (κ3) is 6.93. The predicted octanol–water partition coefficient (Wildman–Crippen LogP) is 0.133. The Hall–Kier alpha value is -2.41. The van der Waals surface area contributed by atoms with E-state index in [0.717, 1.165) is 25.9 Å². The highest BCUT2D eigenvalue weighted by atomic mass is 16.2. The number of amides is 3. The molecule has 0 radical (unpaired) electrons. The van der Waals surface area contributed by atoms with Gasteiger partial charge in [0.1, 0.15) is 0 Å². The lowest BCUT2D eigenvalue weighted by atomic mass is 10.0.